The van der Waals surface area contributed by atoms with Gasteiger partial charge in [0.1, 0.15) is 5.70 Å². The Morgan fingerprint density at radius 3 is 2.18 bits per heavy atom. The van der Waals surface area contributed by atoms with Gasteiger partial charge in [-0.25, -0.2) is 0 Å². The normalized spacial score (nSPS) is 11.1. The van der Waals surface area contributed by atoms with Crippen LogP contribution >= 0.6 is 0 Å². The van der Waals surface area contributed by atoms with E-state index >= 15 is 0 Å². The maximum atomic E-state index is 12.7. The minimum Gasteiger partial charge on any atom is -0.326 e. The fourth-order valence-corrected chi connectivity index (χ4v) is 2.41. The van der Waals surface area contributed by atoms with Crippen molar-refractivity contribution in [2.75, 3.05) is 10.6 Å². The summed E-state index contributed by atoms with van der Waals surface area (Å²) in [6.45, 7) is 6.88. The van der Waals surface area contributed by atoms with Gasteiger partial charge in [0.25, 0.3) is 5.91 Å². The van der Waals surface area contributed by atoms with E-state index in [0.29, 0.717) is 11.4 Å². The zero-order valence-corrected chi connectivity index (χ0v) is 16.5. The Kier molecular flexibility index (Phi) is 7.09. The summed E-state index contributed by atoms with van der Waals surface area (Å²) in [5, 5.41) is 8.12. The number of rotatable bonds is 6. The number of hydrogen-bond acceptors (Lipinski definition) is 3. The molecule has 0 spiro atoms. The molecule has 0 heterocycles. The third kappa shape index (κ3) is 6.09. The highest BCUT2D eigenvalue weighted by molar-refractivity contribution is 6.08. The summed E-state index contributed by atoms with van der Waals surface area (Å²) in [7, 11) is 0. The molecule has 3 amide bonds. The summed E-state index contributed by atoms with van der Waals surface area (Å²) in [6, 6.07) is 14.4. The first-order chi connectivity index (χ1) is 13.3. The van der Waals surface area contributed by atoms with Crippen molar-refractivity contribution >= 4 is 35.2 Å². The molecular formula is C22H25N3O3. The smallest absolute Gasteiger partial charge is 0.272 e. The van der Waals surface area contributed by atoms with Crippen molar-refractivity contribution in [3.63, 3.8) is 0 Å². The summed E-state index contributed by atoms with van der Waals surface area (Å²) < 4.78 is 0. The predicted molar refractivity (Wildman–Crippen MR) is 112 cm³/mol. The van der Waals surface area contributed by atoms with Crippen molar-refractivity contribution in [2.45, 2.75) is 27.7 Å². The van der Waals surface area contributed by atoms with E-state index in [0.717, 1.165) is 11.1 Å². The van der Waals surface area contributed by atoms with Crippen molar-refractivity contribution in [1.82, 2.24) is 5.32 Å². The third-order valence-corrected chi connectivity index (χ3v) is 3.96. The Morgan fingerprint density at radius 2 is 1.57 bits per heavy atom. The monoisotopic (exact) mass is 379 g/mol. The fourth-order valence-electron chi connectivity index (χ4n) is 2.41. The van der Waals surface area contributed by atoms with Gasteiger partial charge in [-0.05, 0) is 42.3 Å². The lowest BCUT2D eigenvalue weighted by molar-refractivity contribution is -0.120. The zero-order valence-electron chi connectivity index (χ0n) is 16.5. The van der Waals surface area contributed by atoms with E-state index in [2.05, 4.69) is 16.0 Å². The van der Waals surface area contributed by atoms with E-state index in [1.165, 1.54) is 6.92 Å². The van der Waals surface area contributed by atoms with Crippen molar-refractivity contribution in [1.29, 1.82) is 0 Å². The maximum absolute atomic E-state index is 12.7. The highest BCUT2D eigenvalue weighted by Crippen LogP contribution is 2.17. The largest absolute Gasteiger partial charge is 0.326 e. The topological polar surface area (TPSA) is 87.3 Å². The van der Waals surface area contributed by atoms with E-state index < -0.39 is 5.91 Å². The lowest BCUT2D eigenvalue weighted by Crippen LogP contribution is -2.29. The van der Waals surface area contributed by atoms with E-state index in [1.807, 2.05) is 31.2 Å². The highest BCUT2D eigenvalue weighted by Gasteiger charge is 2.13. The van der Waals surface area contributed by atoms with Crippen LogP contribution in [0.2, 0.25) is 0 Å². The minimum absolute atomic E-state index is 0.109. The average Bonchev–Trinajstić information content (AvgIpc) is 2.62. The van der Waals surface area contributed by atoms with Crippen LogP contribution in [0.4, 0.5) is 11.4 Å². The van der Waals surface area contributed by atoms with Crippen LogP contribution in [0.15, 0.2) is 54.2 Å². The van der Waals surface area contributed by atoms with Crippen molar-refractivity contribution in [3.05, 3.63) is 65.4 Å². The van der Waals surface area contributed by atoms with Gasteiger partial charge in [0, 0.05) is 24.2 Å². The fraction of sp³-hybridized carbons (Fsp3) is 0.227. The Morgan fingerprint density at radius 1 is 0.929 bits per heavy atom. The number of anilines is 2. The van der Waals surface area contributed by atoms with Gasteiger partial charge in [-0.3, -0.25) is 14.4 Å². The van der Waals surface area contributed by atoms with Crippen LogP contribution < -0.4 is 16.0 Å². The molecule has 0 aliphatic rings. The molecule has 2 rings (SSSR count). The number of benzene rings is 2. The first-order valence-corrected chi connectivity index (χ1v) is 9.03. The molecule has 2 aromatic rings. The quantitative estimate of drug-likeness (QED) is 0.669. The molecule has 0 atom stereocenters. The van der Waals surface area contributed by atoms with E-state index in [1.54, 1.807) is 44.2 Å². The van der Waals surface area contributed by atoms with Crippen LogP contribution in [-0.4, -0.2) is 17.7 Å². The van der Waals surface area contributed by atoms with Gasteiger partial charge in [-0.1, -0.05) is 44.2 Å². The molecule has 146 valence electrons. The molecule has 3 N–H and O–H groups in total. The first-order valence-electron chi connectivity index (χ1n) is 9.03. The average molecular weight is 379 g/mol. The summed E-state index contributed by atoms with van der Waals surface area (Å²) >= 11 is 0. The Balaban J connectivity index is 2.23. The molecule has 28 heavy (non-hydrogen) atoms. The lowest BCUT2D eigenvalue weighted by atomic mass is 10.1. The molecule has 0 saturated heterocycles. The van der Waals surface area contributed by atoms with Crippen LogP contribution in [0.3, 0.4) is 0 Å². The SMILES string of the molecule is CC(=O)N/C(=C\c1ccccc1C)C(=O)Nc1cccc(NC(=O)C(C)C)c1. The first kappa shape index (κ1) is 20.9. The molecular weight excluding hydrogens is 354 g/mol. The second-order valence-electron chi connectivity index (χ2n) is 6.77. The van der Waals surface area contributed by atoms with Gasteiger partial charge in [-0.15, -0.1) is 0 Å². The molecule has 0 unspecified atom stereocenters. The molecule has 0 aliphatic heterocycles. The highest BCUT2D eigenvalue weighted by atomic mass is 16.2. The van der Waals surface area contributed by atoms with Crippen LogP contribution in [0.1, 0.15) is 31.9 Å². The molecule has 0 bridgehead atoms. The van der Waals surface area contributed by atoms with Crippen LogP contribution in [0, 0.1) is 12.8 Å². The molecule has 0 radical (unpaired) electrons. The summed E-state index contributed by atoms with van der Waals surface area (Å²) in [5.74, 6) is -1.05. The van der Waals surface area contributed by atoms with Crippen molar-refractivity contribution in [2.24, 2.45) is 5.92 Å². The molecule has 6 heteroatoms. The van der Waals surface area contributed by atoms with Gasteiger partial charge in [0.15, 0.2) is 0 Å². The summed E-state index contributed by atoms with van der Waals surface area (Å²) in [6.07, 6.45) is 1.64. The molecule has 2 aromatic carbocycles. The Labute approximate surface area is 165 Å². The molecule has 0 aliphatic carbocycles. The van der Waals surface area contributed by atoms with Gasteiger partial charge < -0.3 is 16.0 Å². The van der Waals surface area contributed by atoms with Crippen LogP contribution in [-0.2, 0) is 14.4 Å². The minimum atomic E-state index is -0.453. The van der Waals surface area contributed by atoms with Gasteiger partial charge in [0.05, 0.1) is 0 Å². The molecule has 0 saturated carbocycles. The predicted octanol–water partition coefficient (Wildman–Crippen LogP) is 3.71. The number of amides is 3. The van der Waals surface area contributed by atoms with E-state index in [9.17, 15) is 14.4 Å². The van der Waals surface area contributed by atoms with Gasteiger partial charge in [-0.2, -0.15) is 0 Å². The molecule has 0 fully saturated rings. The second kappa shape index (κ2) is 9.50. The zero-order chi connectivity index (χ0) is 20.7. The maximum Gasteiger partial charge on any atom is 0.272 e. The molecule has 6 nitrogen and oxygen atoms in total. The van der Waals surface area contributed by atoms with Crippen molar-refractivity contribution < 1.29 is 14.4 Å². The third-order valence-electron chi connectivity index (χ3n) is 3.96. The number of carbonyl (C=O) groups is 3. The van der Waals surface area contributed by atoms with Gasteiger partial charge in [0.2, 0.25) is 11.8 Å². The number of carbonyl (C=O) groups excluding carboxylic acids is 3. The summed E-state index contributed by atoms with van der Waals surface area (Å²) in [5.41, 5.74) is 3.04. The lowest BCUT2D eigenvalue weighted by Gasteiger charge is -2.12. The second-order valence-corrected chi connectivity index (χ2v) is 6.77. The Bertz CT molecular complexity index is 917. The number of hydrogen-bond donors (Lipinski definition) is 3. The standard InChI is InChI=1S/C22H25N3O3/c1-14(2)21(27)24-18-10-7-11-19(13-18)25-22(28)20(23-16(4)26)12-17-9-6-5-8-15(17)3/h5-14H,1-4H3,(H,23,26)(H,24,27)(H,25,28)/b20-12-. The van der Waals surface area contributed by atoms with Crippen LogP contribution in [0.25, 0.3) is 6.08 Å². The molecule has 0 aromatic heterocycles. The van der Waals surface area contributed by atoms with Gasteiger partial charge >= 0.3 is 0 Å². The Hall–Kier alpha value is -3.41. The number of nitrogens with one attached hydrogen (secondary N) is 3. The number of aryl methyl sites for hydroxylation is 1. The van der Waals surface area contributed by atoms with Crippen LogP contribution in [0.5, 0.6) is 0 Å². The van der Waals surface area contributed by atoms with E-state index in [4.69, 9.17) is 0 Å². The summed E-state index contributed by atoms with van der Waals surface area (Å²) in [4.78, 5) is 36.1. The van der Waals surface area contributed by atoms with Crippen molar-refractivity contribution in [3.8, 4) is 0 Å². The van der Waals surface area contributed by atoms with E-state index in [-0.39, 0.29) is 23.4 Å².